The van der Waals surface area contributed by atoms with Gasteiger partial charge in [0.05, 0.1) is 27.2 Å². The molecule has 254 valence electrons. The first-order valence-corrected chi connectivity index (χ1v) is 19.8. The number of aldehydes is 1. The van der Waals surface area contributed by atoms with Crippen molar-refractivity contribution in [2.75, 3.05) is 27.2 Å². The van der Waals surface area contributed by atoms with Crippen molar-refractivity contribution >= 4 is 6.29 Å². The van der Waals surface area contributed by atoms with Crippen LogP contribution in [0.1, 0.15) is 226 Å². The topological polar surface area (TPSA) is 17.1 Å². The Bertz CT molecular complexity index is 436. The van der Waals surface area contributed by atoms with Gasteiger partial charge in [-0.15, -0.1) is 0 Å². The van der Waals surface area contributed by atoms with Gasteiger partial charge in [-0.05, 0) is 32.6 Å². The highest BCUT2D eigenvalue weighted by molar-refractivity contribution is 5.44. The van der Waals surface area contributed by atoms with Crippen LogP contribution in [0.5, 0.6) is 0 Å². The molecule has 0 saturated heterocycles. The van der Waals surface area contributed by atoms with E-state index in [-0.39, 0.29) is 0 Å². The van der Waals surface area contributed by atoms with Crippen molar-refractivity contribution in [2.24, 2.45) is 0 Å². The van der Waals surface area contributed by atoms with E-state index >= 15 is 0 Å². The maximum Gasteiger partial charge on any atom is 0.116 e. The van der Waals surface area contributed by atoms with Crippen LogP contribution in [0.15, 0.2) is 0 Å². The van der Waals surface area contributed by atoms with Crippen LogP contribution < -0.4 is 0 Å². The zero-order valence-corrected chi connectivity index (χ0v) is 30.5. The molecule has 0 aromatic heterocycles. The Morgan fingerprint density at radius 2 is 0.476 bits per heavy atom. The largest absolute Gasteiger partial charge is 0.328 e. The lowest BCUT2D eigenvalue weighted by atomic mass is 10.0. The second-order valence-corrected chi connectivity index (χ2v) is 14.2. The Hall–Kier alpha value is -0.370. The summed E-state index contributed by atoms with van der Waals surface area (Å²) < 4.78 is 1.25. The summed E-state index contributed by atoms with van der Waals surface area (Å²) in [6, 6.07) is 0. The van der Waals surface area contributed by atoms with Crippen LogP contribution in [0.25, 0.3) is 0 Å². The van der Waals surface area contributed by atoms with Crippen molar-refractivity contribution in [2.45, 2.75) is 226 Å². The minimum Gasteiger partial charge on any atom is -0.328 e. The van der Waals surface area contributed by atoms with Gasteiger partial charge >= 0.3 is 0 Å². The number of carbonyl (C=O) groups excluding carboxylic acids is 1. The van der Waals surface area contributed by atoms with Gasteiger partial charge < -0.3 is 9.28 Å². The van der Waals surface area contributed by atoms with Crippen LogP contribution in [-0.2, 0) is 4.79 Å². The van der Waals surface area contributed by atoms with Crippen LogP contribution in [0.2, 0.25) is 0 Å². The van der Waals surface area contributed by atoms with Gasteiger partial charge in [0, 0.05) is 0 Å². The lowest BCUT2D eigenvalue weighted by Crippen LogP contribution is -2.41. The Kier molecular flexibility index (Phi) is 40.3. The molecule has 0 aliphatic carbocycles. The molecule has 0 radical (unpaired) electrons. The summed E-state index contributed by atoms with van der Waals surface area (Å²) in [5.74, 6) is 0. The van der Waals surface area contributed by atoms with Crippen LogP contribution in [0, 0.1) is 0 Å². The molecule has 2 heteroatoms. The van der Waals surface area contributed by atoms with Crippen molar-refractivity contribution in [1.29, 1.82) is 0 Å². The molecule has 0 aromatic rings. The Labute approximate surface area is 268 Å². The molecule has 0 amide bonds. The molecule has 0 aliphatic heterocycles. The van der Waals surface area contributed by atoms with E-state index in [2.05, 4.69) is 27.9 Å². The van der Waals surface area contributed by atoms with Gasteiger partial charge in [0.25, 0.3) is 0 Å². The molecular weight excluding hydrogens is 510 g/mol. The van der Waals surface area contributed by atoms with E-state index in [4.69, 9.17) is 4.79 Å². The van der Waals surface area contributed by atoms with E-state index in [0.717, 1.165) is 6.29 Å². The zero-order chi connectivity index (χ0) is 31.2. The first-order valence-electron chi connectivity index (χ1n) is 19.8. The fourth-order valence-electron chi connectivity index (χ4n) is 6.29. The number of hydrogen-bond acceptors (Lipinski definition) is 1. The summed E-state index contributed by atoms with van der Waals surface area (Å²) in [4.78, 5) is 8.81. The average Bonchev–Trinajstić information content (AvgIpc) is 2.97. The number of nitrogens with zero attached hydrogens (tertiary/aromatic N) is 1. The van der Waals surface area contributed by atoms with Crippen molar-refractivity contribution < 1.29 is 9.28 Å². The van der Waals surface area contributed by atoms with Crippen molar-refractivity contribution in [3.63, 3.8) is 0 Å². The molecule has 0 heterocycles. The predicted octanol–water partition coefficient (Wildman–Crippen LogP) is 13.8. The quantitative estimate of drug-likeness (QED) is 0.0411. The molecule has 0 unspecified atom stereocenters. The second-order valence-electron chi connectivity index (χ2n) is 14.2. The van der Waals surface area contributed by atoms with Gasteiger partial charge in [0.1, 0.15) is 6.29 Å². The fourth-order valence-corrected chi connectivity index (χ4v) is 6.29. The van der Waals surface area contributed by atoms with Crippen molar-refractivity contribution in [3.8, 4) is 0 Å². The number of rotatable bonds is 34. The molecule has 0 rings (SSSR count). The highest BCUT2D eigenvalue weighted by Crippen LogP contribution is 2.16. The molecule has 2 nitrogen and oxygen atoms in total. The van der Waals surface area contributed by atoms with E-state index in [0.29, 0.717) is 0 Å². The van der Waals surface area contributed by atoms with E-state index < -0.39 is 0 Å². The number of carbonyl (C=O) groups is 1. The van der Waals surface area contributed by atoms with Gasteiger partial charge in [0.2, 0.25) is 0 Å². The van der Waals surface area contributed by atoms with Gasteiger partial charge in [0.15, 0.2) is 0 Å². The lowest BCUT2D eigenvalue weighted by Gasteiger charge is -2.30. The molecule has 0 spiro atoms. The van der Waals surface area contributed by atoms with Crippen LogP contribution >= 0.6 is 0 Å². The van der Waals surface area contributed by atoms with Crippen LogP contribution in [-0.4, -0.2) is 38.0 Å². The number of unbranched alkanes of at least 4 members (excludes halogenated alkanes) is 30. The second kappa shape index (κ2) is 38.7. The highest BCUT2D eigenvalue weighted by atomic mass is 16.1. The summed E-state index contributed by atoms with van der Waals surface area (Å²) in [6.45, 7) is 8.83. The first kappa shape index (κ1) is 43.8. The Balaban J connectivity index is 0. The van der Waals surface area contributed by atoms with Crippen LogP contribution in [0.3, 0.4) is 0 Å². The molecule has 0 N–H and O–H groups in total. The molecule has 42 heavy (non-hydrogen) atoms. The molecule has 0 bridgehead atoms. The third-order valence-corrected chi connectivity index (χ3v) is 9.23. The molecule has 0 atom stereocenters. The maximum absolute atomic E-state index is 8.81. The smallest absolute Gasteiger partial charge is 0.116 e. The summed E-state index contributed by atoms with van der Waals surface area (Å²) in [7, 11) is 4.94. The fraction of sp³-hybridized carbons (Fsp3) is 0.975. The third kappa shape index (κ3) is 41.8. The SMILES string of the molecule is CC=O.CCCCCCCCCCCCCCCCCC[N+](C)(C)CCCCCCCCCCCCCCCCCC. The Morgan fingerprint density at radius 1 is 0.333 bits per heavy atom. The predicted molar refractivity (Wildman–Crippen MR) is 193 cm³/mol. The summed E-state index contributed by atoms with van der Waals surface area (Å²) in [5.41, 5.74) is 0. The summed E-state index contributed by atoms with van der Waals surface area (Å²) in [5, 5.41) is 0. The molecule has 0 fully saturated rings. The van der Waals surface area contributed by atoms with Gasteiger partial charge in [-0.1, -0.05) is 194 Å². The Morgan fingerprint density at radius 3 is 0.643 bits per heavy atom. The summed E-state index contributed by atoms with van der Waals surface area (Å²) in [6.07, 6.45) is 47.7. The average molecular weight is 595 g/mol. The van der Waals surface area contributed by atoms with Gasteiger partial charge in [-0.25, -0.2) is 0 Å². The van der Waals surface area contributed by atoms with Crippen molar-refractivity contribution in [3.05, 3.63) is 0 Å². The van der Waals surface area contributed by atoms with Crippen LogP contribution in [0.4, 0.5) is 0 Å². The summed E-state index contributed by atoms with van der Waals surface area (Å²) >= 11 is 0. The minimum atomic E-state index is 0.750. The third-order valence-electron chi connectivity index (χ3n) is 9.23. The molecule has 0 aliphatic rings. The van der Waals surface area contributed by atoms with E-state index in [1.54, 1.807) is 0 Å². The van der Waals surface area contributed by atoms with E-state index in [9.17, 15) is 0 Å². The monoisotopic (exact) mass is 595 g/mol. The standard InChI is InChI=1S/C38H80N.C2H4O/c1-5-7-9-11-13-15-17-19-21-23-25-27-29-31-33-35-37-39(3,4)38-36-34-32-30-28-26-24-22-20-18-16-14-12-10-8-6-2;1-2-3/h5-38H2,1-4H3;2H,1H3/q+1;. The van der Waals surface area contributed by atoms with E-state index in [1.807, 2.05) is 0 Å². The van der Waals surface area contributed by atoms with Crippen molar-refractivity contribution in [1.82, 2.24) is 0 Å². The first-order chi connectivity index (χ1) is 20.5. The molecule has 0 saturated carbocycles. The maximum atomic E-state index is 8.81. The van der Waals surface area contributed by atoms with Gasteiger partial charge in [-0.3, -0.25) is 0 Å². The minimum absolute atomic E-state index is 0.750. The number of hydrogen-bond donors (Lipinski definition) is 0. The molecule has 0 aromatic carbocycles. The van der Waals surface area contributed by atoms with Gasteiger partial charge in [-0.2, -0.15) is 0 Å². The normalized spacial score (nSPS) is 11.5. The van der Waals surface area contributed by atoms with E-state index in [1.165, 1.54) is 230 Å². The highest BCUT2D eigenvalue weighted by Gasteiger charge is 2.13. The zero-order valence-electron chi connectivity index (χ0n) is 30.5. The number of quaternary nitrogens is 1. The lowest BCUT2D eigenvalue weighted by molar-refractivity contribution is -0.890. The molecular formula is C40H84NO+.